The number of hydrogen-bond donors (Lipinski definition) is 1. The molecule has 0 radical (unpaired) electrons. The number of rotatable bonds is 6. The summed E-state index contributed by atoms with van der Waals surface area (Å²) in [7, 11) is 0. The Kier molecular flexibility index (Phi) is 6.06. The Balaban J connectivity index is 1.70. The van der Waals surface area contributed by atoms with Gasteiger partial charge < -0.3 is 5.32 Å². The molecule has 0 aliphatic heterocycles. The first-order valence-corrected chi connectivity index (χ1v) is 10.5. The molecule has 6 heteroatoms. The van der Waals surface area contributed by atoms with Gasteiger partial charge in [0, 0.05) is 33.9 Å². The Morgan fingerprint density at radius 1 is 1.12 bits per heavy atom. The van der Waals surface area contributed by atoms with E-state index in [1.807, 2.05) is 55.8 Å². The Labute approximate surface area is 162 Å². The number of carbonyl (C=O) groups is 1. The summed E-state index contributed by atoms with van der Waals surface area (Å²) in [6, 6.07) is 12.0. The maximum atomic E-state index is 12.5. The van der Waals surface area contributed by atoms with E-state index < -0.39 is 0 Å². The van der Waals surface area contributed by atoms with Gasteiger partial charge in [-0.05, 0) is 49.6 Å². The van der Waals surface area contributed by atoms with Gasteiger partial charge in [-0.3, -0.25) is 4.79 Å². The van der Waals surface area contributed by atoms with Crippen molar-refractivity contribution in [3.8, 4) is 10.4 Å². The Morgan fingerprint density at radius 2 is 1.85 bits per heavy atom. The van der Waals surface area contributed by atoms with Crippen LogP contribution in [0.1, 0.15) is 23.4 Å². The Bertz CT molecular complexity index is 884. The number of anilines is 1. The maximum absolute atomic E-state index is 12.5. The number of thioether (sulfide) groups is 1. The highest BCUT2D eigenvalue weighted by Crippen LogP contribution is 2.31. The van der Waals surface area contributed by atoms with Crippen LogP contribution in [0.2, 0.25) is 0 Å². The highest BCUT2D eigenvalue weighted by atomic mass is 32.2. The molecule has 2 aromatic heterocycles. The summed E-state index contributed by atoms with van der Waals surface area (Å²) in [5, 5.41) is 5.87. The first-order valence-electron chi connectivity index (χ1n) is 8.39. The number of amides is 1. The zero-order chi connectivity index (χ0) is 18.5. The van der Waals surface area contributed by atoms with Crippen molar-refractivity contribution in [2.45, 2.75) is 31.8 Å². The number of para-hydroxylation sites is 1. The largest absolute Gasteiger partial charge is 0.325 e. The van der Waals surface area contributed by atoms with Crippen molar-refractivity contribution in [1.29, 1.82) is 0 Å². The molecule has 2 heterocycles. The van der Waals surface area contributed by atoms with Crippen LogP contribution in [0.5, 0.6) is 0 Å². The van der Waals surface area contributed by atoms with Crippen molar-refractivity contribution in [3.05, 3.63) is 58.7 Å². The van der Waals surface area contributed by atoms with Crippen LogP contribution >= 0.6 is 23.1 Å². The molecule has 0 bridgehead atoms. The minimum Gasteiger partial charge on any atom is -0.325 e. The second-order valence-electron chi connectivity index (χ2n) is 5.93. The van der Waals surface area contributed by atoms with Gasteiger partial charge in [-0.15, -0.1) is 11.3 Å². The van der Waals surface area contributed by atoms with Crippen molar-refractivity contribution < 1.29 is 4.79 Å². The van der Waals surface area contributed by atoms with Crippen LogP contribution in [0.25, 0.3) is 10.4 Å². The third-order valence-corrected chi connectivity index (χ3v) is 5.62. The van der Waals surface area contributed by atoms with Crippen LogP contribution in [-0.2, 0) is 11.2 Å². The third-order valence-electron chi connectivity index (χ3n) is 4.17. The van der Waals surface area contributed by atoms with E-state index >= 15 is 0 Å². The summed E-state index contributed by atoms with van der Waals surface area (Å²) in [5.41, 5.74) is 4.87. The number of thiophene rings is 1. The van der Waals surface area contributed by atoms with E-state index in [4.69, 9.17) is 0 Å². The van der Waals surface area contributed by atoms with Crippen molar-refractivity contribution in [1.82, 2.24) is 9.97 Å². The number of carbonyl (C=O) groups excluding carboxylic acids is 1. The highest BCUT2D eigenvalue weighted by molar-refractivity contribution is 7.98. The summed E-state index contributed by atoms with van der Waals surface area (Å²) in [5.74, 6) is 0.00162. The molecule has 1 aromatic carbocycles. The molecule has 0 aliphatic carbocycles. The summed E-state index contributed by atoms with van der Waals surface area (Å²) in [4.78, 5) is 22.6. The van der Waals surface area contributed by atoms with Gasteiger partial charge >= 0.3 is 0 Å². The first-order chi connectivity index (χ1) is 12.6. The van der Waals surface area contributed by atoms with Crippen LogP contribution in [-0.4, -0.2) is 22.1 Å². The molecule has 3 rings (SSSR count). The first kappa shape index (κ1) is 18.6. The zero-order valence-electron chi connectivity index (χ0n) is 15.1. The highest BCUT2D eigenvalue weighted by Gasteiger charge is 2.12. The second kappa shape index (κ2) is 8.47. The van der Waals surface area contributed by atoms with Crippen LogP contribution in [0.15, 0.2) is 46.9 Å². The lowest BCUT2D eigenvalue weighted by molar-refractivity contribution is -0.116. The molecule has 1 amide bonds. The standard InChI is InChI=1S/C20H21N3OS2/c1-13-15(14(2)22-20(21-13)25-3)10-11-19(24)23-17-8-5-4-7-16(17)18-9-6-12-26-18/h4-9,12H,10-11H2,1-3H3,(H,23,24). The van der Waals surface area contributed by atoms with E-state index in [1.54, 1.807) is 11.3 Å². The maximum Gasteiger partial charge on any atom is 0.224 e. The van der Waals surface area contributed by atoms with Gasteiger partial charge in [0.2, 0.25) is 5.91 Å². The van der Waals surface area contributed by atoms with Crippen molar-refractivity contribution >= 4 is 34.7 Å². The minimum atomic E-state index is 0.00162. The van der Waals surface area contributed by atoms with Crippen LogP contribution in [0.3, 0.4) is 0 Å². The number of benzene rings is 1. The van der Waals surface area contributed by atoms with E-state index in [1.165, 1.54) is 11.8 Å². The van der Waals surface area contributed by atoms with E-state index in [0.29, 0.717) is 12.8 Å². The average molecular weight is 384 g/mol. The smallest absolute Gasteiger partial charge is 0.224 e. The fourth-order valence-corrected chi connectivity index (χ4v) is 4.07. The van der Waals surface area contributed by atoms with E-state index in [9.17, 15) is 4.79 Å². The van der Waals surface area contributed by atoms with Crippen molar-refractivity contribution in [2.75, 3.05) is 11.6 Å². The zero-order valence-corrected chi connectivity index (χ0v) is 16.7. The molecular formula is C20H21N3OS2. The summed E-state index contributed by atoms with van der Waals surface area (Å²) < 4.78 is 0. The van der Waals surface area contributed by atoms with Crippen LogP contribution in [0, 0.1) is 13.8 Å². The quantitative estimate of drug-likeness (QED) is 0.474. The molecule has 26 heavy (non-hydrogen) atoms. The van der Waals surface area contributed by atoms with E-state index in [0.717, 1.165) is 38.2 Å². The van der Waals surface area contributed by atoms with Gasteiger partial charge in [-0.25, -0.2) is 9.97 Å². The fourth-order valence-electron chi connectivity index (χ4n) is 2.85. The Morgan fingerprint density at radius 3 is 2.50 bits per heavy atom. The van der Waals surface area contributed by atoms with Gasteiger partial charge in [0.05, 0.1) is 0 Å². The lowest BCUT2D eigenvalue weighted by Gasteiger charge is -2.12. The minimum absolute atomic E-state index is 0.00162. The van der Waals surface area contributed by atoms with Crippen molar-refractivity contribution in [3.63, 3.8) is 0 Å². The van der Waals surface area contributed by atoms with Gasteiger partial charge in [0.15, 0.2) is 5.16 Å². The normalized spacial score (nSPS) is 10.7. The summed E-state index contributed by atoms with van der Waals surface area (Å²) >= 11 is 3.20. The molecular weight excluding hydrogens is 362 g/mol. The van der Waals surface area contributed by atoms with Gasteiger partial charge in [-0.2, -0.15) is 0 Å². The van der Waals surface area contributed by atoms with Gasteiger partial charge in [-0.1, -0.05) is 36.0 Å². The molecule has 1 N–H and O–H groups in total. The number of hydrogen-bond acceptors (Lipinski definition) is 5. The topological polar surface area (TPSA) is 54.9 Å². The molecule has 0 atom stereocenters. The molecule has 3 aromatic rings. The number of aromatic nitrogens is 2. The third kappa shape index (κ3) is 4.31. The lowest BCUT2D eigenvalue weighted by Crippen LogP contribution is -2.14. The summed E-state index contributed by atoms with van der Waals surface area (Å²) in [6.07, 6.45) is 3.01. The predicted octanol–water partition coefficient (Wildman–Crippen LogP) is 5.12. The molecule has 0 saturated heterocycles. The number of nitrogens with zero attached hydrogens (tertiary/aromatic N) is 2. The number of aryl methyl sites for hydroxylation is 2. The second-order valence-corrected chi connectivity index (χ2v) is 7.65. The SMILES string of the molecule is CSc1nc(C)c(CCC(=O)Nc2ccccc2-c2cccs2)c(C)n1. The average Bonchev–Trinajstić information content (AvgIpc) is 3.15. The monoisotopic (exact) mass is 383 g/mol. The lowest BCUT2D eigenvalue weighted by atomic mass is 10.1. The van der Waals surface area contributed by atoms with Crippen molar-refractivity contribution in [2.24, 2.45) is 0 Å². The predicted molar refractivity (Wildman–Crippen MR) is 110 cm³/mol. The van der Waals surface area contributed by atoms with Gasteiger partial charge in [0.25, 0.3) is 0 Å². The molecule has 0 spiro atoms. The van der Waals surface area contributed by atoms with E-state index in [2.05, 4.69) is 21.4 Å². The molecule has 0 aliphatic rings. The Hall–Kier alpha value is -2.18. The number of nitrogens with one attached hydrogen (secondary N) is 1. The van der Waals surface area contributed by atoms with Gasteiger partial charge in [0.1, 0.15) is 0 Å². The fraction of sp³-hybridized carbons (Fsp3) is 0.250. The molecule has 0 fully saturated rings. The molecule has 0 saturated carbocycles. The molecule has 4 nitrogen and oxygen atoms in total. The van der Waals surface area contributed by atoms with Crippen LogP contribution < -0.4 is 5.32 Å². The molecule has 0 unspecified atom stereocenters. The van der Waals surface area contributed by atoms with Crippen LogP contribution in [0.4, 0.5) is 5.69 Å². The molecule has 134 valence electrons. The van der Waals surface area contributed by atoms with E-state index in [-0.39, 0.29) is 5.91 Å². The summed E-state index contributed by atoms with van der Waals surface area (Å²) in [6.45, 7) is 3.96.